The molecule has 11 nitrogen and oxygen atoms in total. The summed E-state index contributed by atoms with van der Waals surface area (Å²) in [6, 6.07) is 16.7. The first-order valence-electron chi connectivity index (χ1n) is 11.6. The Bertz CT molecular complexity index is 1290. The Morgan fingerprint density at radius 3 is 2.17 bits per heavy atom. The minimum absolute atomic E-state index is 0.0885. The number of benzene rings is 2. The molecule has 2 aromatic heterocycles. The van der Waals surface area contributed by atoms with Crippen molar-refractivity contribution in [1.82, 2.24) is 35.1 Å². The van der Waals surface area contributed by atoms with Crippen molar-refractivity contribution in [3.05, 3.63) is 84.4 Å². The Hall–Kier alpha value is -4.67. The monoisotopic (exact) mass is 483 g/mol. The van der Waals surface area contributed by atoms with Gasteiger partial charge in [-0.05, 0) is 51.9 Å². The summed E-state index contributed by atoms with van der Waals surface area (Å²) in [7, 11) is 0. The molecule has 1 N–H and O–H groups in total. The van der Waals surface area contributed by atoms with Crippen LogP contribution in [0.15, 0.2) is 73.3 Å². The van der Waals surface area contributed by atoms with E-state index in [4.69, 9.17) is 0 Å². The number of anilines is 2. The molecule has 11 heteroatoms. The van der Waals surface area contributed by atoms with Crippen molar-refractivity contribution in [2.24, 2.45) is 0 Å². The van der Waals surface area contributed by atoms with Crippen LogP contribution in [0.1, 0.15) is 11.1 Å². The smallest absolute Gasteiger partial charge is 0.228 e. The van der Waals surface area contributed by atoms with E-state index < -0.39 is 0 Å². The zero-order valence-electron chi connectivity index (χ0n) is 19.6. The molecule has 5 rings (SSSR count). The third-order valence-corrected chi connectivity index (χ3v) is 5.97. The number of carbonyl (C=O) groups is 2. The fourth-order valence-electron chi connectivity index (χ4n) is 4.04. The number of amides is 2. The molecule has 1 aliphatic rings. The first-order valence-corrected chi connectivity index (χ1v) is 11.6. The number of hydrogen-bond donors (Lipinski definition) is 1. The van der Waals surface area contributed by atoms with Gasteiger partial charge in [-0.25, -0.2) is 14.6 Å². The van der Waals surface area contributed by atoms with E-state index in [1.165, 1.54) is 6.33 Å². The normalized spacial score (nSPS) is 13.4. The van der Waals surface area contributed by atoms with E-state index in [0.29, 0.717) is 44.2 Å². The molecule has 1 saturated heterocycles. The highest BCUT2D eigenvalue weighted by atomic mass is 16.2. The molecule has 0 spiro atoms. The minimum Gasteiger partial charge on any atom is -0.339 e. The number of tetrazole rings is 1. The fraction of sp³-hybridized carbons (Fsp3) is 0.240. The standard InChI is InChI=1S/C25H25N9O2/c35-23(16-19-4-8-22(9-5-19)34-18-28-30-31-34)29-21-6-2-20(3-7-21)17-24(36)32-12-14-33(15-13-32)25-26-10-1-11-27-25/h1-11,18H,12-17H2,(H,29,35). The molecular weight excluding hydrogens is 458 g/mol. The van der Waals surface area contributed by atoms with E-state index in [9.17, 15) is 9.59 Å². The van der Waals surface area contributed by atoms with Crippen molar-refractivity contribution < 1.29 is 9.59 Å². The number of piperazine rings is 1. The van der Waals surface area contributed by atoms with Gasteiger partial charge in [0.1, 0.15) is 6.33 Å². The highest BCUT2D eigenvalue weighted by Gasteiger charge is 2.22. The lowest BCUT2D eigenvalue weighted by atomic mass is 10.1. The Labute approximate surface area is 207 Å². The van der Waals surface area contributed by atoms with E-state index in [-0.39, 0.29) is 18.2 Å². The Morgan fingerprint density at radius 2 is 1.50 bits per heavy atom. The maximum atomic E-state index is 12.8. The second kappa shape index (κ2) is 10.7. The molecule has 0 radical (unpaired) electrons. The summed E-state index contributed by atoms with van der Waals surface area (Å²) in [6.07, 6.45) is 5.53. The number of hydrogen-bond acceptors (Lipinski definition) is 8. The second-order valence-corrected chi connectivity index (χ2v) is 8.44. The van der Waals surface area contributed by atoms with E-state index in [1.54, 1.807) is 23.1 Å². The number of rotatable bonds is 7. The lowest BCUT2D eigenvalue weighted by Crippen LogP contribution is -2.49. The predicted molar refractivity (Wildman–Crippen MR) is 132 cm³/mol. The zero-order chi connectivity index (χ0) is 24.7. The molecule has 2 aromatic carbocycles. The van der Waals surface area contributed by atoms with Crippen LogP contribution in [0, 0.1) is 0 Å². The van der Waals surface area contributed by atoms with Crippen molar-refractivity contribution in [2.45, 2.75) is 12.8 Å². The molecule has 0 atom stereocenters. The third-order valence-electron chi connectivity index (χ3n) is 5.97. The lowest BCUT2D eigenvalue weighted by Gasteiger charge is -2.34. The molecule has 0 bridgehead atoms. The van der Waals surface area contributed by atoms with E-state index in [1.807, 2.05) is 53.4 Å². The van der Waals surface area contributed by atoms with Gasteiger partial charge in [-0.3, -0.25) is 9.59 Å². The summed E-state index contributed by atoms with van der Waals surface area (Å²) in [5.41, 5.74) is 3.30. The summed E-state index contributed by atoms with van der Waals surface area (Å²) < 4.78 is 1.55. The topological polar surface area (TPSA) is 122 Å². The first-order chi connectivity index (χ1) is 17.6. The van der Waals surface area contributed by atoms with Gasteiger partial charge in [0.25, 0.3) is 0 Å². The average molecular weight is 484 g/mol. The van der Waals surface area contributed by atoms with Crippen molar-refractivity contribution in [1.29, 1.82) is 0 Å². The zero-order valence-corrected chi connectivity index (χ0v) is 19.6. The molecule has 3 heterocycles. The summed E-state index contributed by atoms with van der Waals surface area (Å²) in [6.45, 7) is 2.70. The SMILES string of the molecule is O=C(Cc1ccc(-n2cnnn2)cc1)Nc1ccc(CC(=O)N2CCN(c3ncccn3)CC2)cc1. The number of nitrogens with one attached hydrogen (secondary N) is 1. The summed E-state index contributed by atoms with van der Waals surface area (Å²) >= 11 is 0. The molecule has 0 unspecified atom stereocenters. The van der Waals surface area contributed by atoms with Gasteiger partial charge in [0.05, 0.1) is 18.5 Å². The Balaban J connectivity index is 1.08. The highest BCUT2D eigenvalue weighted by Crippen LogP contribution is 2.15. The van der Waals surface area contributed by atoms with E-state index in [2.05, 4.69) is 35.7 Å². The van der Waals surface area contributed by atoms with Crippen LogP contribution < -0.4 is 10.2 Å². The molecule has 0 aliphatic carbocycles. The molecule has 36 heavy (non-hydrogen) atoms. The summed E-state index contributed by atoms with van der Waals surface area (Å²) in [5.74, 6) is 0.670. The van der Waals surface area contributed by atoms with Gasteiger partial charge in [-0.15, -0.1) is 5.10 Å². The Kier molecular flexibility index (Phi) is 6.88. The van der Waals surface area contributed by atoms with Crippen molar-refractivity contribution >= 4 is 23.5 Å². The summed E-state index contributed by atoms with van der Waals surface area (Å²) in [5, 5.41) is 14.0. The molecule has 1 aliphatic heterocycles. The van der Waals surface area contributed by atoms with Crippen LogP contribution in [-0.2, 0) is 22.4 Å². The summed E-state index contributed by atoms with van der Waals surface area (Å²) in [4.78, 5) is 37.8. The lowest BCUT2D eigenvalue weighted by molar-refractivity contribution is -0.130. The van der Waals surface area contributed by atoms with Gasteiger partial charge in [-0.2, -0.15) is 0 Å². The maximum absolute atomic E-state index is 12.8. The quantitative estimate of drug-likeness (QED) is 0.420. The molecule has 2 amide bonds. The molecular formula is C25H25N9O2. The van der Waals surface area contributed by atoms with E-state index >= 15 is 0 Å². The van der Waals surface area contributed by atoms with Crippen LogP contribution in [0.4, 0.5) is 11.6 Å². The van der Waals surface area contributed by atoms with Gasteiger partial charge in [0, 0.05) is 44.3 Å². The van der Waals surface area contributed by atoms with Crippen LogP contribution >= 0.6 is 0 Å². The highest BCUT2D eigenvalue weighted by molar-refractivity contribution is 5.92. The first kappa shape index (κ1) is 23.1. The number of nitrogens with zero attached hydrogens (tertiary/aromatic N) is 8. The second-order valence-electron chi connectivity index (χ2n) is 8.44. The Morgan fingerprint density at radius 1 is 0.833 bits per heavy atom. The van der Waals surface area contributed by atoms with Gasteiger partial charge in [0.15, 0.2) is 0 Å². The minimum atomic E-state index is -0.116. The molecule has 182 valence electrons. The molecule has 0 saturated carbocycles. The number of carbonyl (C=O) groups excluding carboxylic acids is 2. The van der Waals surface area contributed by atoms with Crippen LogP contribution in [0.5, 0.6) is 0 Å². The largest absolute Gasteiger partial charge is 0.339 e. The van der Waals surface area contributed by atoms with Crippen LogP contribution in [0.25, 0.3) is 5.69 Å². The van der Waals surface area contributed by atoms with Crippen LogP contribution in [-0.4, -0.2) is 73.1 Å². The van der Waals surface area contributed by atoms with E-state index in [0.717, 1.165) is 16.8 Å². The third kappa shape index (κ3) is 5.69. The average Bonchev–Trinajstić information content (AvgIpc) is 3.46. The maximum Gasteiger partial charge on any atom is 0.228 e. The van der Waals surface area contributed by atoms with Crippen molar-refractivity contribution in [3.63, 3.8) is 0 Å². The van der Waals surface area contributed by atoms with Gasteiger partial charge < -0.3 is 15.1 Å². The fourth-order valence-corrected chi connectivity index (χ4v) is 4.04. The number of aromatic nitrogens is 6. The van der Waals surface area contributed by atoms with Crippen molar-refractivity contribution in [3.8, 4) is 5.69 Å². The van der Waals surface area contributed by atoms with Crippen LogP contribution in [0.2, 0.25) is 0 Å². The predicted octanol–water partition coefficient (Wildman–Crippen LogP) is 1.52. The van der Waals surface area contributed by atoms with Crippen LogP contribution in [0.3, 0.4) is 0 Å². The van der Waals surface area contributed by atoms with Gasteiger partial charge in [0.2, 0.25) is 17.8 Å². The van der Waals surface area contributed by atoms with Gasteiger partial charge >= 0.3 is 0 Å². The molecule has 4 aromatic rings. The molecule has 1 fully saturated rings. The van der Waals surface area contributed by atoms with Gasteiger partial charge in [-0.1, -0.05) is 24.3 Å². The van der Waals surface area contributed by atoms with Crippen molar-refractivity contribution in [2.75, 3.05) is 36.4 Å².